The summed E-state index contributed by atoms with van der Waals surface area (Å²) in [6.45, 7) is 11.7. The standard InChI is InChI=1S/C8H16O.C7H8.C6H11NO2/c1-4-5-6-7(2)8(3)9;1-7-5-3-2-4-6-7;1-3-4-7-6(9)5(2)8/h7H,4-6H2,1-3H3;2-6H,1H3;3-4H2,1-2H3,(H,7,9). The summed E-state index contributed by atoms with van der Waals surface area (Å²) in [6, 6.07) is 10.3. The monoisotopic (exact) mass is 349 g/mol. The maximum Gasteiger partial charge on any atom is 0.287 e. The van der Waals surface area contributed by atoms with Crippen LogP contribution in [0.25, 0.3) is 0 Å². The van der Waals surface area contributed by atoms with Crippen LogP contribution >= 0.6 is 0 Å². The van der Waals surface area contributed by atoms with Gasteiger partial charge in [0.25, 0.3) is 5.91 Å². The van der Waals surface area contributed by atoms with Crippen molar-refractivity contribution in [2.45, 2.75) is 67.2 Å². The van der Waals surface area contributed by atoms with Crippen LogP contribution in [0.5, 0.6) is 0 Å². The fourth-order valence-corrected chi connectivity index (χ4v) is 1.61. The zero-order valence-corrected chi connectivity index (χ0v) is 16.7. The Morgan fingerprint density at radius 2 is 1.56 bits per heavy atom. The molecule has 0 saturated heterocycles. The number of Topliss-reactive ketones (excluding diaryl/α,β-unsaturated/α-hetero) is 2. The van der Waals surface area contributed by atoms with E-state index in [1.165, 1.54) is 25.3 Å². The first-order chi connectivity index (χ1) is 11.8. The summed E-state index contributed by atoms with van der Waals surface area (Å²) in [5, 5.41) is 2.44. The Morgan fingerprint density at radius 1 is 1.00 bits per heavy atom. The summed E-state index contributed by atoms with van der Waals surface area (Å²) >= 11 is 0. The number of ketones is 2. The molecule has 0 aliphatic carbocycles. The minimum Gasteiger partial charge on any atom is -0.350 e. The third-order valence-corrected chi connectivity index (χ3v) is 3.48. The molecule has 0 aromatic heterocycles. The van der Waals surface area contributed by atoms with Crippen molar-refractivity contribution in [2.75, 3.05) is 6.54 Å². The minimum atomic E-state index is -0.489. The molecule has 4 nitrogen and oxygen atoms in total. The number of hydrogen-bond donors (Lipinski definition) is 1. The number of aryl methyl sites for hydroxylation is 1. The van der Waals surface area contributed by atoms with E-state index in [1.54, 1.807) is 6.92 Å². The van der Waals surface area contributed by atoms with Crippen LogP contribution in [0.1, 0.15) is 65.9 Å². The van der Waals surface area contributed by atoms with Crippen molar-refractivity contribution in [2.24, 2.45) is 5.92 Å². The molecular weight excluding hydrogens is 314 g/mol. The van der Waals surface area contributed by atoms with E-state index in [0.29, 0.717) is 12.3 Å². The smallest absolute Gasteiger partial charge is 0.287 e. The van der Waals surface area contributed by atoms with Crippen LogP contribution in [-0.4, -0.2) is 24.0 Å². The summed E-state index contributed by atoms with van der Waals surface area (Å²) in [5.41, 5.74) is 1.32. The Bertz CT molecular complexity index is 483. The molecule has 0 saturated carbocycles. The van der Waals surface area contributed by atoms with Crippen molar-refractivity contribution in [3.05, 3.63) is 35.9 Å². The van der Waals surface area contributed by atoms with Crippen LogP contribution in [0.3, 0.4) is 0 Å². The Labute approximate surface area is 153 Å². The predicted molar refractivity (Wildman–Crippen MR) is 105 cm³/mol. The number of carbonyl (C=O) groups excluding carboxylic acids is 3. The van der Waals surface area contributed by atoms with Crippen LogP contribution in [0.4, 0.5) is 0 Å². The number of hydrogen-bond acceptors (Lipinski definition) is 3. The van der Waals surface area contributed by atoms with Crippen molar-refractivity contribution in [3.8, 4) is 0 Å². The van der Waals surface area contributed by atoms with Crippen molar-refractivity contribution in [1.82, 2.24) is 5.32 Å². The summed E-state index contributed by atoms with van der Waals surface area (Å²) in [4.78, 5) is 31.3. The van der Waals surface area contributed by atoms with E-state index in [-0.39, 0.29) is 5.92 Å². The molecule has 1 unspecified atom stereocenters. The summed E-state index contributed by atoms with van der Waals surface area (Å²) in [7, 11) is 0. The van der Waals surface area contributed by atoms with Crippen LogP contribution in [0.15, 0.2) is 30.3 Å². The molecule has 0 radical (unpaired) electrons. The average Bonchev–Trinajstić information content (AvgIpc) is 2.59. The van der Waals surface area contributed by atoms with E-state index in [4.69, 9.17) is 0 Å². The first kappa shape index (κ1) is 25.3. The third kappa shape index (κ3) is 18.2. The fourth-order valence-electron chi connectivity index (χ4n) is 1.61. The number of nitrogens with one attached hydrogen (secondary N) is 1. The molecule has 1 amide bonds. The molecule has 0 heterocycles. The molecule has 1 N–H and O–H groups in total. The van der Waals surface area contributed by atoms with Gasteiger partial charge in [0.1, 0.15) is 5.78 Å². The highest BCUT2D eigenvalue weighted by Gasteiger charge is 2.04. The van der Waals surface area contributed by atoms with E-state index < -0.39 is 11.7 Å². The molecule has 0 aliphatic heterocycles. The van der Waals surface area contributed by atoms with E-state index in [2.05, 4.69) is 31.3 Å². The van der Waals surface area contributed by atoms with Gasteiger partial charge in [-0.2, -0.15) is 0 Å². The minimum absolute atomic E-state index is 0.282. The second kappa shape index (κ2) is 16.9. The lowest BCUT2D eigenvalue weighted by Crippen LogP contribution is -2.29. The van der Waals surface area contributed by atoms with Crippen LogP contribution in [0, 0.1) is 12.8 Å². The number of unbranched alkanes of at least 4 members (excludes halogenated alkanes) is 1. The molecule has 142 valence electrons. The van der Waals surface area contributed by atoms with Crippen molar-refractivity contribution < 1.29 is 14.4 Å². The van der Waals surface area contributed by atoms with Gasteiger partial charge in [0, 0.05) is 19.4 Å². The van der Waals surface area contributed by atoms with Gasteiger partial charge in [0.15, 0.2) is 0 Å². The van der Waals surface area contributed by atoms with Crippen molar-refractivity contribution in [3.63, 3.8) is 0 Å². The van der Waals surface area contributed by atoms with Gasteiger partial charge in [-0.1, -0.05) is 69.5 Å². The number of rotatable bonds is 7. The van der Waals surface area contributed by atoms with Crippen LogP contribution in [-0.2, 0) is 14.4 Å². The van der Waals surface area contributed by atoms with Crippen molar-refractivity contribution in [1.29, 1.82) is 0 Å². The maximum atomic E-state index is 10.6. The first-order valence-corrected chi connectivity index (χ1v) is 9.07. The first-order valence-electron chi connectivity index (χ1n) is 9.07. The van der Waals surface area contributed by atoms with Gasteiger partial charge in [-0.15, -0.1) is 0 Å². The molecule has 25 heavy (non-hydrogen) atoms. The second-order valence-corrected chi connectivity index (χ2v) is 6.12. The van der Waals surface area contributed by atoms with Gasteiger partial charge in [-0.05, 0) is 26.7 Å². The summed E-state index contributed by atoms with van der Waals surface area (Å²) < 4.78 is 0. The van der Waals surface area contributed by atoms with E-state index >= 15 is 0 Å². The summed E-state index contributed by atoms with van der Waals surface area (Å²) in [5.74, 6) is -0.311. The molecule has 1 aromatic rings. The SMILES string of the molecule is CCCCC(C)C(C)=O.CCCNC(=O)C(C)=O.Cc1ccccc1. The molecule has 1 aromatic carbocycles. The Hall–Kier alpha value is -1.97. The third-order valence-electron chi connectivity index (χ3n) is 3.48. The highest BCUT2D eigenvalue weighted by atomic mass is 16.2. The summed E-state index contributed by atoms with van der Waals surface area (Å²) in [6.07, 6.45) is 4.29. The Balaban J connectivity index is 0. The Morgan fingerprint density at radius 3 is 1.88 bits per heavy atom. The van der Waals surface area contributed by atoms with E-state index in [9.17, 15) is 14.4 Å². The normalized spacial score (nSPS) is 10.3. The highest BCUT2D eigenvalue weighted by Crippen LogP contribution is 2.07. The quantitative estimate of drug-likeness (QED) is 0.737. The lowest BCUT2D eigenvalue weighted by molar-refractivity contribution is -0.136. The van der Waals surface area contributed by atoms with E-state index in [1.807, 2.05) is 32.0 Å². The zero-order chi connectivity index (χ0) is 19.7. The van der Waals surface area contributed by atoms with E-state index in [0.717, 1.165) is 12.8 Å². The fraction of sp³-hybridized carbons (Fsp3) is 0.571. The van der Waals surface area contributed by atoms with Gasteiger partial charge in [0.05, 0.1) is 0 Å². The molecule has 0 spiro atoms. The van der Waals surface area contributed by atoms with Gasteiger partial charge >= 0.3 is 0 Å². The molecule has 4 heteroatoms. The van der Waals surface area contributed by atoms with Crippen molar-refractivity contribution >= 4 is 17.5 Å². The number of amides is 1. The van der Waals surface area contributed by atoms with Crippen LogP contribution < -0.4 is 5.32 Å². The molecule has 0 aliphatic rings. The molecule has 0 fully saturated rings. The lowest BCUT2D eigenvalue weighted by Gasteiger charge is -2.03. The molecule has 1 rings (SSSR count). The molecule has 1 atom stereocenters. The molecule has 0 bridgehead atoms. The topological polar surface area (TPSA) is 63.2 Å². The Kier molecular flexibility index (Phi) is 17.1. The highest BCUT2D eigenvalue weighted by molar-refractivity contribution is 6.35. The lowest BCUT2D eigenvalue weighted by atomic mass is 10.0. The number of benzene rings is 1. The largest absolute Gasteiger partial charge is 0.350 e. The van der Waals surface area contributed by atoms with Gasteiger partial charge in [0.2, 0.25) is 5.78 Å². The zero-order valence-electron chi connectivity index (χ0n) is 16.7. The van der Waals surface area contributed by atoms with Gasteiger partial charge in [-0.3, -0.25) is 14.4 Å². The average molecular weight is 350 g/mol. The van der Waals surface area contributed by atoms with Gasteiger partial charge in [-0.25, -0.2) is 0 Å². The number of carbonyl (C=O) groups is 3. The molecular formula is C21H35NO3. The maximum absolute atomic E-state index is 10.6. The van der Waals surface area contributed by atoms with Gasteiger partial charge < -0.3 is 5.32 Å². The second-order valence-electron chi connectivity index (χ2n) is 6.12. The predicted octanol–water partition coefficient (Wildman–Crippen LogP) is 4.50. The van der Waals surface area contributed by atoms with Crippen LogP contribution in [0.2, 0.25) is 0 Å².